The summed E-state index contributed by atoms with van der Waals surface area (Å²) in [4.78, 5) is 12.1. The monoisotopic (exact) mass is 450 g/mol. The van der Waals surface area contributed by atoms with Gasteiger partial charge in [0.1, 0.15) is 12.4 Å². The van der Waals surface area contributed by atoms with Crippen LogP contribution >= 0.6 is 23.4 Å². The molecular weight excluding hydrogens is 431 g/mol. The van der Waals surface area contributed by atoms with Crippen molar-refractivity contribution in [2.45, 2.75) is 18.7 Å². The highest BCUT2D eigenvalue weighted by molar-refractivity contribution is 7.99. The third kappa shape index (κ3) is 5.43. The molecule has 0 saturated carbocycles. The first-order chi connectivity index (χ1) is 14.4. The second-order valence-corrected chi connectivity index (χ2v) is 7.74. The van der Waals surface area contributed by atoms with Crippen LogP contribution in [0.25, 0.3) is 0 Å². The predicted molar refractivity (Wildman–Crippen MR) is 114 cm³/mol. The molecule has 0 unspecified atom stereocenters. The lowest BCUT2D eigenvalue weighted by molar-refractivity contribution is -0.113. The summed E-state index contributed by atoms with van der Waals surface area (Å²) >= 11 is 6.90. The summed E-state index contributed by atoms with van der Waals surface area (Å²) in [7, 11) is 3.36. The van der Waals surface area contributed by atoms with E-state index in [1.807, 2.05) is 25.1 Å². The smallest absolute Gasteiger partial charge is 0.234 e. The number of benzene rings is 2. The minimum absolute atomic E-state index is 0.0423. The Bertz CT molecular complexity index is 1060. The summed E-state index contributed by atoms with van der Waals surface area (Å²) in [5.74, 6) is 0.907. The molecule has 7 nitrogen and oxygen atoms in total. The highest BCUT2D eigenvalue weighted by Crippen LogP contribution is 2.28. The second kappa shape index (κ2) is 9.82. The molecule has 10 heteroatoms. The molecule has 3 rings (SSSR count). The van der Waals surface area contributed by atoms with Gasteiger partial charge in [0, 0.05) is 12.1 Å². The molecule has 0 spiro atoms. The van der Waals surface area contributed by atoms with Crippen molar-refractivity contribution in [2.75, 3.05) is 18.2 Å². The maximum atomic E-state index is 13.8. The van der Waals surface area contributed by atoms with Crippen molar-refractivity contribution < 1.29 is 18.7 Å². The van der Waals surface area contributed by atoms with E-state index in [1.165, 1.54) is 23.9 Å². The van der Waals surface area contributed by atoms with Crippen LogP contribution in [-0.4, -0.2) is 33.5 Å². The Morgan fingerprint density at radius 3 is 2.77 bits per heavy atom. The maximum Gasteiger partial charge on any atom is 0.234 e. The van der Waals surface area contributed by atoms with Crippen molar-refractivity contribution >= 4 is 35.0 Å². The Kier molecular flexibility index (Phi) is 7.17. The number of methoxy groups -OCH3 is 1. The van der Waals surface area contributed by atoms with Gasteiger partial charge in [-0.2, -0.15) is 0 Å². The number of nitrogens with zero attached hydrogens (tertiary/aromatic N) is 3. The molecule has 0 fully saturated rings. The molecule has 1 aromatic heterocycles. The van der Waals surface area contributed by atoms with Crippen molar-refractivity contribution in [3.63, 3.8) is 0 Å². The number of rotatable bonds is 8. The fraction of sp³-hybridized carbons (Fsp3) is 0.250. The van der Waals surface area contributed by atoms with Gasteiger partial charge >= 0.3 is 0 Å². The molecule has 0 aliphatic rings. The zero-order valence-corrected chi connectivity index (χ0v) is 18.2. The number of carbonyl (C=O) groups excluding carboxylic acids is 1. The van der Waals surface area contributed by atoms with Crippen LogP contribution in [0.1, 0.15) is 11.4 Å². The highest BCUT2D eigenvalue weighted by Gasteiger charge is 2.14. The average Bonchev–Trinajstić information content (AvgIpc) is 3.07. The van der Waals surface area contributed by atoms with E-state index in [0.29, 0.717) is 22.5 Å². The van der Waals surface area contributed by atoms with Gasteiger partial charge in [-0.15, -0.1) is 10.2 Å². The van der Waals surface area contributed by atoms with E-state index < -0.39 is 5.82 Å². The first-order valence-electron chi connectivity index (χ1n) is 8.90. The number of amides is 1. The lowest BCUT2D eigenvalue weighted by Gasteiger charge is -2.11. The van der Waals surface area contributed by atoms with E-state index >= 15 is 0 Å². The Hall–Kier alpha value is -2.78. The number of nitrogens with one attached hydrogen (secondary N) is 1. The van der Waals surface area contributed by atoms with Crippen LogP contribution in [0.5, 0.6) is 11.5 Å². The van der Waals surface area contributed by atoms with E-state index in [2.05, 4.69) is 15.5 Å². The third-order valence-electron chi connectivity index (χ3n) is 4.14. The van der Waals surface area contributed by atoms with Gasteiger partial charge in [-0.25, -0.2) is 4.39 Å². The van der Waals surface area contributed by atoms with Gasteiger partial charge in [0.15, 0.2) is 22.5 Å². The van der Waals surface area contributed by atoms with Crippen LogP contribution < -0.4 is 14.8 Å². The first kappa shape index (κ1) is 21.9. The minimum Gasteiger partial charge on any atom is -0.493 e. The Balaban J connectivity index is 1.57. The van der Waals surface area contributed by atoms with E-state index in [9.17, 15) is 9.18 Å². The molecule has 3 aromatic rings. The lowest BCUT2D eigenvalue weighted by atomic mass is 10.2. The van der Waals surface area contributed by atoms with E-state index in [4.69, 9.17) is 21.1 Å². The number of aryl methyl sites for hydroxylation is 1. The normalized spacial score (nSPS) is 10.7. The van der Waals surface area contributed by atoms with Gasteiger partial charge in [-0.05, 0) is 42.8 Å². The SMILES string of the molecule is COc1cc(C)ccc1OCc1nnc(SCC(=O)Nc2ccc(Cl)cc2F)n1C. The Labute approximate surface area is 182 Å². The fourth-order valence-electron chi connectivity index (χ4n) is 2.54. The number of carbonyl (C=O) groups is 1. The molecule has 158 valence electrons. The van der Waals surface area contributed by atoms with Crippen molar-refractivity contribution in [3.05, 3.63) is 58.6 Å². The van der Waals surface area contributed by atoms with Crippen LogP contribution in [0, 0.1) is 12.7 Å². The molecule has 0 bridgehead atoms. The minimum atomic E-state index is -0.592. The summed E-state index contributed by atoms with van der Waals surface area (Å²) in [6.45, 7) is 2.15. The second-order valence-electron chi connectivity index (χ2n) is 6.36. The first-order valence-corrected chi connectivity index (χ1v) is 10.3. The number of anilines is 1. The molecule has 0 aliphatic carbocycles. The standard InChI is InChI=1S/C20H20ClFN4O3S/c1-12-4-7-16(17(8-12)28-3)29-10-18-24-25-20(26(18)2)30-11-19(27)23-15-6-5-13(21)9-14(15)22/h4-9H,10-11H2,1-3H3,(H,23,27). The quantitative estimate of drug-likeness (QED) is 0.517. The number of hydrogen-bond donors (Lipinski definition) is 1. The average molecular weight is 451 g/mol. The summed E-state index contributed by atoms with van der Waals surface area (Å²) in [6.07, 6.45) is 0. The number of halogens is 2. The third-order valence-corrected chi connectivity index (χ3v) is 5.39. The fourth-order valence-corrected chi connectivity index (χ4v) is 3.43. The van der Waals surface area contributed by atoms with Crippen LogP contribution in [0.4, 0.5) is 10.1 Å². The Morgan fingerprint density at radius 1 is 1.23 bits per heavy atom. The zero-order valence-electron chi connectivity index (χ0n) is 16.6. The molecule has 30 heavy (non-hydrogen) atoms. The van der Waals surface area contributed by atoms with Crippen LogP contribution in [0.15, 0.2) is 41.6 Å². The molecule has 0 radical (unpaired) electrons. The molecule has 1 N–H and O–H groups in total. The number of ether oxygens (including phenoxy) is 2. The van der Waals surface area contributed by atoms with Gasteiger partial charge in [0.2, 0.25) is 5.91 Å². The molecule has 0 aliphatic heterocycles. The molecule has 2 aromatic carbocycles. The highest BCUT2D eigenvalue weighted by atomic mass is 35.5. The van der Waals surface area contributed by atoms with Gasteiger partial charge in [0.05, 0.1) is 18.6 Å². The van der Waals surface area contributed by atoms with E-state index in [0.717, 1.165) is 11.6 Å². The van der Waals surface area contributed by atoms with Crippen molar-refractivity contribution in [2.24, 2.45) is 7.05 Å². The Morgan fingerprint density at radius 2 is 2.03 bits per heavy atom. The zero-order chi connectivity index (χ0) is 21.7. The summed E-state index contributed by atoms with van der Waals surface area (Å²) in [5.41, 5.74) is 1.14. The van der Waals surface area contributed by atoms with E-state index in [1.54, 1.807) is 18.7 Å². The molecular formula is C20H20ClFN4O3S. The lowest BCUT2D eigenvalue weighted by Crippen LogP contribution is -2.15. The van der Waals surface area contributed by atoms with E-state index in [-0.39, 0.29) is 29.0 Å². The summed E-state index contributed by atoms with van der Waals surface area (Å²) in [5, 5.41) is 11.5. The van der Waals surface area contributed by atoms with Gasteiger partial charge < -0.3 is 19.4 Å². The number of aromatic nitrogens is 3. The molecule has 1 amide bonds. The van der Waals surface area contributed by atoms with Crippen LogP contribution in [-0.2, 0) is 18.4 Å². The van der Waals surface area contributed by atoms with Crippen LogP contribution in [0.2, 0.25) is 5.02 Å². The van der Waals surface area contributed by atoms with Gasteiger partial charge in [-0.3, -0.25) is 4.79 Å². The largest absolute Gasteiger partial charge is 0.493 e. The molecule has 1 heterocycles. The predicted octanol–water partition coefficient (Wildman–Crippen LogP) is 4.23. The van der Waals surface area contributed by atoms with Gasteiger partial charge in [0.25, 0.3) is 0 Å². The van der Waals surface area contributed by atoms with Crippen molar-refractivity contribution in [1.82, 2.24) is 14.8 Å². The van der Waals surface area contributed by atoms with Gasteiger partial charge in [-0.1, -0.05) is 29.4 Å². The summed E-state index contributed by atoms with van der Waals surface area (Å²) in [6, 6.07) is 9.71. The molecule has 0 saturated heterocycles. The maximum absolute atomic E-state index is 13.8. The number of hydrogen-bond acceptors (Lipinski definition) is 6. The number of thioether (sulfide) groups is 1. The van der Waals surface area contributed by atoms with Crippen LogP contribution in [0.3, 0.4) is 0 Å². The van der Waals surface area contributed by atoms with Crippen molar-refractivity contribution in [3.8, 4) is 11.5 Å². The molecule has 0 atom stereocenters. The van der Waals surface area contributed by atoms with Crippen molar-refractivity contribution in [1.29, 1.82) is 0 Å². The summed E-state index contributed by atoms with van der Waals surface area (Å²) < 4.78 is 26.7. The topological polar surface area (TPSA) is 78.3 Å².